The highest BCUT2D eigenvalue weighted by molar-refractivity contribution is 5.85. The van der Waals surface area contributed by atoms with Crippen molar-refractivity contribution in [3.8, 4) is 5.75 Å². The number of nitrogens with two attached hydrogens (primary N) is 1. The van der Waals surface area contributed by atoms with Gasteiger partial charge in [0.25, 0.3) is 0 Å². The van der Waals surface area contributed by atoms with Crippen LogP contribution in [-0.4, -0.2) is 11.7 Å². The van der Waals surface area contributed by atoms with Gasteiger partial charge in [-0.15, -0.1) is 12.4 Å². The molecule has 2 nitrogen and oxygen atoms in total. The van der Waals surface area contributed by atoms with E-state index in [9.17, 15) is 5.11 Å². The monoisotopic (exact) mass is 187 g/mol. The Kier molecular flexibility index (Phi) is 4.71. The summed E-state index contributed by atoms with van der Waals surface area (Å²) in [5.74, 6) is 0.571. The van der Waals surface area contributed by atoms with Crippen LogP contribution in [0.4, 0.5) is 0 Å². The molecule has 0 spiro atoms. The molecule has 1 rings (SSSR count). The zero-order chi connectivity index (χ0) is 8.27. The molecule has 0 heterocycles. The molecule has 0 radical (unpaired) electrons. The van der Waals surface area contributed by atoms with Gasteiger partial charge in [0.1, 0.15) is 5.75 Å². The highest BCUT2D eigenvalue weighted by atomic mass is 35.5. The van der Waals surface area contributed by atoms with Crippen LogP contribution < -0.4 is 5.73 Å². The Labute approximate surface area is 78.8 Å². The highest BCUT2D eigenvalue weighted by Crippen LogP contribution is 2.23. The summed E-state index contributed by atoms with van der Waals surface area (Å²) in [5.41, 5.74) is 6.39. The number of para-hydroxylation sites is 1. The van der Waals surface area contributed by atoms with E-state index in [0.717, 1.165) is 5.56 Å². The molecule has 1 aromatic rings. The Morgan fingerprint density at radius 2 is 2.00 bits per heavy atom. The molecule has 1 unspecified atom stereocenters. The summed E-state index contributed by atoms with van der Waals surface area (Å²) in [4.78, 5) is 0. The van der Waals surface area contributed by atoms with Crippen LogP contribution in [0.25, 0.3) is 0 Å². The van der Waals surface area contributed by atoms with E-state index in [1.165, 1.54) is 0 Å². The maximum absolute atomic E-state index is 9.36. The van der Waals surface area contributed by atoms with Gasteiger partial charge in [0.15, 0.2) is 0 Å². The van der Waals surface area contributed by atoms with Crippen molar-refractivity contribution in [3.63, 3.8) is 0 Å². The third-order valence-corrected chi connectivity index (χ3v) is 1.82. The van der Waals surface area contributed by atoms with Crippen molar-refractivity contribution in [1.29, 1.82) is 0 Å². The first-order chi connectivity index (χ1) is 5.25. The number of phenols is 1. The topological polar surface area (TPSA) is 46.2 Å². The van der Waals surface area contributed by atoms with E-state index >= 15 is 0 Å². The van der Waals surface area contributed by atoms with Crippen LogP contribution in [0.3, 0.4) is 0 Å². The lowest BCUT2D eigenvalue weighted by molar-refractivity contribution is 0.463. The molecule has 0 fully saturated rings. The van der Waals surface area contributed by atoms with Crippen molar-refractivity contribution in [1.82, 2.24) is 0 Å². The van der Waals surface area contributed by atoms with Crippen molar-refractivity contribution in [3.05, 3.63) is 29.8 Å². The number of hydrogen-bond acceptors (Lipinski definition) is 2. The van der Waals surface area contributed by atoms with E-state index in [0.29, 0.717) is 12.3 Å². The Balaban J connectivity index is 0.00000121. The van der Waals surface area contributed by atoms with Crippen molar-refractivity contribution in [2.75, 3.05) is 6.54 Å². The lowest BCUT2D eigenvalue weighted by Gasteiger charge is -2.09. The van der Waals surface area contributed by atoms with Crippen LogP contribution in [0, 0.1) is 0 Å². The predicted octanol–water partition coefficient (Wildman–Crippen LogP) is 1.88. The van der Waals surface area contributed by atoms with Gasteiger partial charge in [-0.3, -0.25) is 0 Å². The molecule has 0 saturated heterocycles. The third kappa shape index (κ3) is 2.40. The summed E-state index contributed by atoms with van der Waals surface area (Å²) < 4.78 is 0. The smallest absolute Gasteiger partial charge is 0.119 e. The van der Waals surface area contributed by atoms with Crippen LogP contribution >= 0.6 is 12.4 Å². The largest absolute Gasteiger partial charge is 0.508 e. The molecular weight excluding hydrogens is 174 g/mol. The summed E-state index contributed by atoms with van der Waals surface area (Å²) in [6, 6.07) is 7.29. The van der Waals surface area contributed by atoms with Gasteiger partial charge in [0.05, 0.1) is 0 Å². The maximum atomic E-state index is 9.36. The molecule has 0 aromatic heterocycles. The van der Waals surface area contributed by atoms with E-state index < -0.39 is 0 Å². The van der Waals surface area contributed by atoms with Crippen molar-refractivity contribution in [2.24, 2.45) is 5.73 Å². The average molecular weight is 188 g/mol. The fraction of sp³-hybridized carbons (Fsp3) is 0.333. The van der Waals surface area contributed by atoms with Crippen molar-refractivity contribution in [2.45, 2.75) is 12.8 Å². The fourth-order valence-electron chi connectivity index (χ4n) is 1.03. The van der Waals surface area contributed by atoms with Gasteiger partial charge in [-0.1, -0.05) is 25.1 Å². The molecular formula is C9H14ClNO. The van der Waals surface area contributed by atoms with Gasteiger partial charge in [-0.2, -0.15) is 0 Å². The molecule has 68 valence electrons. The normalized spacial score (nSPS) is 11.8. The van der Waals surface area contributed by atoms with E-state index in [4.69, 9.17) is 5.73 Å². The maximum Gasteiger partial charge on any atom is 0.119 e. The molecule has 0 saturated carbocycles. The second-order valence-electron chi connectivity index (χ2n) is 2.70. The Morgan fingerprint density at radius 3 is 2.50 bits per heavy atom. The van der Waals surface area contributed by atoms with E-state index in [1.54, 1.807) is 6.07 Å². The number of halogens is 1. The molecule has 0 aliphatic carbocycles. The standard InChI is InChI=1S/C9H13NO.ClH/c1-7(6-10)8-4-2-3-5-9(8)11;/h2-5,7,11H,6,10H2,1H3;1H. The first-order valence-corrected chi connectivity index (χ1v) is 3.73. The molecule has 0 amide bonds. The predicted molar refractivity (Wildman–Crippen MR) is 52.8 cm³/mol. The second-order valence-corrected chi connectivity index (χ2v) is 2.70. The van der Waals surface area contributed by atoms with Gasteiger partial charge < -0.3 is 10.8 Å². The van der Waals surface area contributed by atoms with E-state index in [1.807, 2.05) is 25.1 Å². The SMILES string of the molecule is CC(CN)c1ccccc1O.Cl. The minimum Gasteiger partial charge on any atom is -0.508 e. The summed E-state index contributed by atoms with van der Waals surface area (Å²) in [6.45, 7) is 2.56. The lowest BCUT2D eigenvalue weighted by Crippen LogP contribution is -2.08. The van der Waals surface area contributed by atoms with E-state index in [-0.39, 0.29) is 18.3 Å². The van der Waals surface area contributed by atoms with E-state index in [2.05, 4.69) is 0 Å². The Bertz CT molecular complexity index is 240. The zero-order valence-electron chi connectivity index (χ0n) is 7.03. The van der Waals surface area contributed by atoms with Gasteiger partial charge in [0, 0.05) is 0 Å². The quantitative estimate of drug-likeness (QED) is 0.743. The summed E-state index contributed by atoms with van der Waals surface area (Å²) >= 11 is 0. The molecule has 0 aliphatic heterocycles. The van der Waals surface area contributed by atoms with Crippen molar-refractivity contribution < 1.29 is 5.11 Å². The van der Waals surface area contributed by atoms with Crippen LogP contribution in [0.2, 0.25) is 0 Å². The number of phenolic OH excluding ortho intramolecular Hbond substituents is 1. The lowest BCUT2D eigenvalue weighted by atomic mass is 10.0. The third-order valence-electron chi connectivity index (χ3n) is 1.82. The molecule has 1 aromatic carbocycles. The summed E-state index contributed by atoms with van der Waals surface area (Å²) in [5, 5.41) is 9.36. The molecule has 3 N–H and O–H groups in total. The van der Waals surface area contributed by atoms with Crippen LogP contribution in [0.1, 0.15) is 18.4 Å². The fourth-order valence-corrected chi connectivity index (χ4v) is 1.03. The minimum atomic E-state index is 0. The molecule has 0 bridgehead atoms. The Hall–Kier alpha value is -0.730. The minimum absolute atomic E-state index is 0. The Morgan fingerprint density at radius 1 is 1.42 bits per heavy atom. The highest BCUT2D eigenvalue weighted by Gasteiger charge is 2.06. The van der Waals surface area contributed by atoms with Gasteiger partial charge in [-0.05, 0) is 24.1 Å². The molecule has 0 aliphatic rings. The zero-order valence-corrected chi connectivity index (χ0v) is 7.84. The number of aromatic hydroxyl groups is 1. The number of benzene rings is 1. The molecule has 12 heavy (non-hydrogen) atoms. The average Bonchev–Trinajstić information content (AvgIpc) is 2.04. The second kappa shape index (κ2) is 5.01. The van der Waals surface area contributed by atoms with Gasteiger partial charge in [0.2, 0.25) is 0 Å². The first-order valence-electron chi connectivity index (χ1n) is 3.73. The van der Waals surface area contributed by atoms with Crippen LogP contribution in [-0.2, 0) is 0 Å². The molecule has 3 heteroatoms. The van der Waals surface area contributed by atoms with Gasteiger partial charge in [-0.25, -0.2) is 0 Å². The summed E-state index contributed by atoms with van der Waals surface area (Å²) in [7, 11) is 0. The first kappa shape index (κ1) is 11.3. The number of rotatable bonds is 2. The number of hydrogen-bond donors (Lipinski definition) is 2. The molecule has 1 atom stereocenters. The van der Waals surface area contributed by atoms with Crippen LogP contribution in [0.15, 0.2) is 24.3 Å². The van der Waals surface area contributed by atoms with Gasteiger partial charge >= 0.3 is 0 Å². The van der Waals surface area contributed by atoms with Crippen molar-refractivity contribution >= 4 is 12.4 Å². The van der Waals surface area contributed by atoms with Crippen LogP contribution in [0.5, 0.6) is 5.75 Å². The summed E-state index contributed by atoms with van der Waals surface area (Å²) in [6.07, 6.45) is 0.